The van der Waals surface area contributed by atoms with Crippen LogP contribution in [0.5, 0.6) is 0 Å². The van der Waals surface area contributed by atoms with Gasteiger partial charge >= 0.3 is 0 Å². The lowest BCUT2D eigenvalue weighted by Crippen LogP contribution is -2.19. The Morgan fingerprint density at radius 1 is 1.40 bits per heavy atom. The topological polar surface area (TPSA) is 38.0 Å². The zero-order valence-corrected chi connectivity index (χ0v) is 14.8. The van der Waals surface area contributed by atoms with Crippen LogP contribution in [0.1, 0.15) is 50.4 Å². The highest BCUT2D eigenvalue weighted by Crippen LogP contribution is 2.29. The SMILES string of the molecule is CCc1nn(C)c(CC(O)CSC2CCCCC2)c1Br. The first-order valence-electron chi connectivity index (χ1n) is 7.61. The first kappa shape index (κ1) is 16.4. The molecule has 1 fully saturated rings. The van der Waals surface area contributed by atoms with Gasteiger partial charge in [0, 0.05) is 24.5 Å². The largest absolute Gasteiger partial charge is 0.392 e. The zero-order chi connectivity index (χ0) is 14.5. The molecule has 1 saturated carbocycles. The van der Waals surface area contributed by atoms with Gasteiger partial charge in [-0.1, -0.05) is 26.2 Å². The average molecular weight is 361 g/mol. The molecular weight excluding hydrogens is 336 g/mol. The molecule has 2 rings (SSSR count). The van der Waals surface area contributed by atoms with E-state index in [2.05, 4.69) is 28.0 Å². The van der Waals surface area contributed by atoms with Gasteiger partial charge in [0.15, 0.2) is 0 Å². The molecule has 0 saturated heterocycles. The number of aromatic nitrogens is 2. The van der Waals surface area contributed by atoms with E-state index in [1.165, 1.54) is 32.1 Å². The van der Waals surface area contributed by atoms with Crippen molar-refractivity contribution in [2.24, 2.45) is 7.05 Å². The Balaban J connectivity index is 1.84. The van der Waals surface area contributed by atoms with Crippen LogP contribution in [0, 0.1) is 0 Å². The van der Waals surface area contributed by atoms with Crippen molar-refractivity contribution in [1.82, 2.24) is 9.78 Å². The molecule has 114 valence electrons. The number of aliphatic hydroxyl groups is 1. The lowest BCUT2D eigenvalue weighted by molar-refractivity contribution is 0.197. The van der Waals surface area contributed by atoms with Crippen molar-refractivity contribution in [1.29, 1.82) is 0 Å². The van der Waals surface area contributed by atoms with Crippen molar-refractivity contribution in [2.45, 2.75) is 63.2 Å². The van der Waals surface area contributed by atoms with E-state index in [-0.39, 0.29) is 6.10 Å². The van der Waals surface area contributed by atoms with Crippen LogP contribution in [0.15, 0.2) is 4.47 Å². The molecule has 1 unspecified atom stereocenters. The number of halogens is 1. The molecule has 0 aromatic carbocycles. The minimum absolute atomic E-state index is 0.279. The number of aryl methyl sites for hydroxylation is 2. The summed E-state index contributed by atoms with van der Waals surface area (Å²) < 4.78 is 2.97. The first-order chi connectivity index (χ1) is 9.61. The molecule has 20 heavy (non-hydrogen) atoms. The molecule has 1 aliphatic rings. The average Bonchev–Trinajstić information content (AvgIpc) is 2.73. The Kier molecular flexibility index (Phi) is 6.43. The quantitative estimate of drug-likeness (QED) is 0.839. The molecule has 1 N–H and O–H groups in total. The summed E-state index contributed by atoms with van der Waals surface area (Å²) in [6.45, 7) is 2.10. The maximum atomic E-state index is 10.3. The second-order valence-electron chi connectivity index (χ2n) is 5.64. The molecule has 0 aliphatic heterocycles. The lowest BCUT2D eigenvalue weighted by Gasteiger charge is -2.22. The molecule has 5 heteroatoms. The summed E-state index contributed by atoms with van der Waals surface area (Å²) in [7, 11) is 1.96. The van der Waals surface area contributed by atoms with Gasteiger partial charge in [-0.05, 0) is 35.2 Å². The molecule has 0 spiro atoms. The van der Waals surface area contributed by atoms with Crippen molar-refractivity contribution in [3.05, 3.63) is 15.9 Å². The van der Waals surface area contributed by atoms with E-state index in [4.69, 9.17) is 0 Å². The molecule has 0 amide bonds. The van der Waals surface area contributed by atoms with E-state index in [0.717, 1.165) is 33.3 Å². The summed E-state index contributed by atoms with van der Waals surface area (Å²) in [5, 5.41) is 15.5. The third-order valence-corrected chi connectivity index (χ3v) is 6.44. The van der Waals surface area contributed by atoms with Gasteiger partial charge in [-0.3, -0.25) is 4.68 Å². The fourth-order valence-corrected chi connectivity index (χ4v) is 4.86. The zero-order valence-electron chi connectivity index (χ0n) is 12.4. The maximum absolute atomic E-state index is 10.3. The molecule has 1 aromatic rings. The van der Waals surface area contributed by atoms with Crippen molar-refractivity contribution in [3.63, 3.8) is 0 Å². The van der Waals surface area contributed by atoms with E-state index in [1.54, 1.807) is 0 Å². The van der Waals surface area contributed by atoms with Gasteiger partial charge in [-0.15, -0.1) is 0 Å². The van der Waals surface area contributed by atoms with E-state index < -0.39 is 0 Å². The van der Waals surface area contributed by atoms with E-state index >= 15 is 0 Å². The fourth-order valence-electron chi connectivity index (χ4n) is 2.80. The highest BCUT2D eigenvalue weighted by atomic mass is 79.9. The molecule has 1 atom stereocenters. The summed E-state index contributed by atoms with van der Waals surface area (Å²) in [6.07, 6.45) is 8.09. The predicted molar refractivity (Wildman–Crippen MR) is 89.3 cm³/mol. The van der Waals surface area contributed by atoms with Crippen LogP contribution in [-0.2, 0) is 19.9 Å². The van der Waals surface area contributed by atoms with Gasteiger partial charge in [0.2, 0.25) is 0 Å². The van der Waals surface area contributed by atoms with Gasteiger partial charge < -0.3 is 5.11 Å². The Morgan fingerprint density at radius 3 is 2.70 bits per heavy atom. The number of hydrogen-bond acceptors (Lipinski definition) is 3. The smallest absolute Gasteiger partial charge is 0.0766 e. The predicted octanol–water partition coefficient (Wildman–Crippen LogP) is 3.71. The third kappa shape index (κ3) is 4.25. The summed E-state index contributed by atoms with van der Waals surface area (Å²) >= 11 is 5.57. The molecule has 1 heterocycles. The highest BCUT2D eigenvalue weighted by Gasteiger charge is 2.19. The van der Waals surface area contributed by atoms with Crippen molar-refractivity contribution >= 4 is 27.7 Å². The highest BCUT2D eigenvalue weighted by molar-refractivity contribution is 9.10. The summed E-state index contributed by atoms with van der Waals surface area (Å²) in [6, 6.07) is 0. The molecule has 3 nitrogen and oxygen atoms in total. The van der Waals surface area contributed by atoms with Crippen molar-refractivity contribution in [2.75, 3.05) is 5.75 Å². The number of rotatable bonds is 6. The van der Waals surface area contributed by atoms with Crippen LogP contribution in [0.2, 0.25) is 0 Å². The van der Waals surface area contributed by atoms with Crippen LogP contribution in [0.4, 0.5) is 0 Å². The number of hydrogen-bond donors (Lipinski definition) is 1. The summed E-state index contributed by atoms with van der Waals surface area (Å²) in [5.41, 5.74) is 2.19. The second kappa shape index (κ2) is 7.85. The lowest BCUT2D eigenvalue weighted by atomic mass is 10.0. The summed E-state index contributed by atoms with van der Waals surface area (Å²) in [5.74, 6) is 0.837. The third-order valence-electron chi connectivity index (χ3n) is 4.01. The van der Waals surface area contributed by atoms with Crippen LogP contribution in [-0.4, -0.2) is 32.0 Å². The molecular formula is C15H25BrN2OS. The molecule has 0 radical (unpaired) electrons. The maximum Gasteiger partial charge on any atom is 0.0766 e. The van der Waals surface area contributed by atoms with E-state index in [0.29, 0.717) is 6.42 Å². The monoisotopic (exact) mass is 360 g/mol. The minimum Gasteiger partial charge on any atom is -0.392 e. The number of thioether (sulfide) groups is 1. The Morgan fingerprint density at radius 2 is 2.10 bits per heavy atom. The van der Waals surface area contributed by atoms with Gasteiger partial charge in [-0.25, -0.2) is 0 Å². The van der Waals surface area contributed by atoms with Crippen LogP contribution >= 0.6 is 27.7 Å². The van der Waals surface area contributed by atoms with Gasteiger partial charge in [0.05, 0.1) is 22.0 Å². The first-order valence-corrected chi connectivity index (χ1v) is 9.45. The van der Waals surface area contributed by atoms with E-state index in [1.807, 2.05) is 23.5 Å². The van der Waals surface area contributed by atoms with Crippen molar-refractivity contribution < 1.29 is 5.11 Å². The van der Waals surface area contributed by atoms with E-state index in [9.17, 15) is 5.11 Å². The Bertz CT molecular complexity index is 430. The van der Waals surface area contributed by atoms with Crippen LogP contribution in [0.3, 0.4) is 0 Å². The molecule has 1 aromatic heterocycles. The van der Waals surface area contributed by atoms with Gasteiger partial charge in [0.25, 0.3) is 0 Å². The van der Waals surface area contributed by atoms with Gasteiger partial charge in [0.1, 0.15) is 0 Å². The second-order valence-corrected chi connectivity index (χ2v) is 7.76. The standard InChI is InChI=1S/C15H25BrN2OS/c1-3-13-15(16)14(18(2)17-13)9-11(19)10-20-12-7-5-4-6-8-12/h11-12,19H,3-10H2,1-2H3. The van der Waals surface area contributed by atoms with Crippen LogP contribution < -0.4 is 0 Å². The number of aliphatic hydroxyl groups excluding tert-OH is 1. The van der Waals surface area contributed by atoms with Crippen LogP contribution in [0.25, 0.3) is 0 Å². The number of nitrogens with zero attached hydrogens (tertiary/aromatic N) is 2. The normalized spacial score (nSPS) is 18.4. The Labute approximate surface area is 134 Å². The Hall–Kier alpha value is -0.000000000000000111. The fraction of sp³-hybridized carbons (Fsp3) is 0.800. The summed E-state index contributed by atoms with van der Waals surface area (Å²) in [4.78, 5) is 0. The van der Waals surface area contributed by atoms with Crippen molar-refractivity contribution in [3.8, 4) is 0 Å². The minimum atomic E-state index is -0.279. The van der Waals surface area contributed by atoms with Gasteiger partial charge in [-0.2, -0.15) is 16.9 Å². The molecule has 0 bridgehead atoms. The molecule has 1 aliphatic carbocycles.